The first-order valence-electron chi connectivity index (χ1n) is 6.23. The third kappa shape index (κ3) is 4.64. The number of methoxy groups -OCH3 is 1. The molecule has 0 radical (unpaired) electrons. The van der Waals surface area contributed by atoms with Gasteiger partial charge in [0, 0.05) is 19.1 Å². The minimum absolute atomic E-state index is 0.447. The molecule has 0 aliphatic rings. The van der Waals surface area contributed by atoms with Crippen LogP contribution in [0.1, 0.15) is 18.6 Å². The quantitative estimate of drug-likeness (QED) is 0.767. The number of likely N-dealkylation sites (N-methyl/N-ethyl adjacent to an activating group) is 1. The Morgan fingerprint density at radius 2 is 2.06 bits per heavy atom. The molecule has 0 bridgehead atoms. The highest BCUT2D eigenvalue weighted by Crippen LogP contribution is 2.18. The van der Waals surface area contributed by atoms with Gasteiger partial charge in [0.1, 0.15) is 5.75 Å². The molecule has 1 aromatic carbocycles. The van der Waals surface area contributed by atoms with Crippen molar-refractivity contribution in [1.82, 2.24) is 10.2 Å². The van der Waals surface area contributed by atoms with Crippen LogP contribution in [-0.4, -0.2) is 50.3 Å². The van der Waals surface area contributed by atoms with Gasteiger partial charge in [-0.3, -0.25) is 0 Å². The molecule has 0 aliphatic heterocycles. The number of nitrogens with zero attached hydrogens (tertiary/aromatic N) is 1. The molecule has 1 rings (SSSR count). The zero-order valence-electron chi connectivity index (χ0n) is 11.7. The highest BCUT2D eigenvalue weighted by Gasteiger charge is 2.09. The van der Waals surface area contributed by atoms with Crippen LogP contribution in [0.3, 0.4) is 0 Å². The topological polar surface area (TPSA) is 44.7 Å². The number of aliphatic hydroxyl groups excluding tert-OH is 1. The van der Waals surface area contributed by atoms with E-state index in [1.807, 2.05) is 38.4 Å². The van der Waals surface area contributed by atoms with Gasteiger partial charge in [0.15, 0.2) is 0 Å². The summed E-state index contributed by atoms with van der Waals surface area (Å²) in [5.41, 5.74) is 0.874. The molecule has 0 saturated carbocycles. The fraction of sp³-hybridized carbons (Fsp3) is 0.571. The lowest BCUT2D eigenvalue weighted by atomic mass is 10.1. The number of hydrogen-bond donors (Lipinski definition) is 2. The van der Waals surface area contributed by atoms with Crippen molar-refractivity contribution in [2.24, 2.45) is 0 Å². The van der Waals surface area contributed by atoms with Crippen molar-refractivity contribution < 1.29 is 9.84 Å². The van der Waals surface area contributed by atoms with E-state index in [9.17, 15) is 5.11 Å². The molecule has 0 amide bonds. The Balaban J connectivity index is 2.42. The van der Waals surface area contributed by atoms with Crippen LogP contribution in [-0.2, 0) is 0 Å². The maximum absolute atomic E-state index is 10.1. The van der Waals surface area contributed by atoms with Gasteiger partial charge >= 0.3 is 0 Å². The monoisotopic (exact) mass is 252 g/mol. The predicted molar refractivity (Wildman–Crippen MR) is 74.0 cm³/mol. The first-order chi connectivity index (χ1) is 8.54. The van der Waals surface area contributed by atoms with Crippen molar-refractivity contribution in [3.05, 3.63) is 29.8 Å². The van der Waals surface area contributed by atoms with Crippen LogP contribution >= 0.6 is 0 Å². The molecule has 0 saturated heterocycles. The average molecular weight is 252 g/mol. The summed E-state index contributed by atoms with van der Waals surface area (Å²) in [5, 5.41) is 13.3. The average Bonchev–Trinajstić information content (AvgIpc) is 2.38. The molecule has 2 N–H and O–H groups in total. The van der Waals surface area contributed by atoms with Gasteiger partial charge in [-0.25, -0.2) is 0 Å². The molecule has 2 unspecified atom stereocenters. The van der Waals surface area contributed by atoms with Crippen LogP contribution in [0, 0.1) is 0 Å². The van der Waals surface area contributed by atoms with E-state index in [4.69, 9.17) is 4.74 Å². The minimum atomic E-state index is -0.505. The lowest BCUT2D eigenvalue weighted by molar-refractivity contribution is 0.170. The van der Waals surface area contributed by atoms with E-state index < -0.39 is 6.10 Å². The Hall–Kier alpha value is -1.10. The highest BCUT2D eigenvalue weighted by molar-refractivity contribution is 5.29. The number of ether oxygens (including phenoxy) is 1. The molecule has 4 nitrogen and oxygen atoms in total. The molecule has 2 atom stereocenters. The molecular formula is C14H24N2O2. The molecule has 18 heavy (non-hydrogen) atoms. The normalized spacial score (nSPS) is 14.6. The number of hydrogen-bond acceptors (Lipinski definition) is 4. The van der Waals surface area contributed by atoms with Gasteiger partial charge in [0.2, 0.25) is 0 Å². The molecule has 0 spiro atoms. The van der Waals surface area contributed by atoms with E-state index in [0.717, 1.165) is 17.9 Å². The Bertz CT molecular complexity index is 355. The Labute approximate surface area is 110 Å². The maximum atomic E-state index is 10.1. The summed E-state index contributed by atoms with van der Waals surface area (Å²) in [4.78, 5) is 2.14. The summed E-state index contributed by atoms with van der Waals surface area (Å²) in [6.45, 7) is 3.55. The number of rotatable bonds is 7. The molecule has 0 aliphatic carbocycles. The summed E-state index contributed by atoms with van der Waals surface area (Å²) in [5.74, 6) is 0.771. The van der Waals surface area contributed by atoms with Crippen molar-refractivity contribution in [1.29, 1.82) is 0 Å². The molecular weight excluding hydrogens is 228 g/mol. The lowest BCUT2D eigenvalue weighted by Gasteiger charge is -2.21. The van der Waals surface area contributed by atoms with Crippen LogP contribution < -0.4 is 10.1 Å². The molecule has 0 fully saturated rings. The van der Waals surface area contributed by atoms with Crippen LogP contribution in [0.2, 0.25) is 0 Å². The van der Waals surface area contributed by atoms with Crippen LogP contribution in [0.25, 0.3) is 0 Å². The van der Waals surface area contributed by atoms with Gasteiger partial charge in [0.25, 0.3) is 0 Å². The first-order valence-corrected chi connectivity index (χ1v) is 6.23. The molecule has 102 valence electrons. The molecule has 4 heteroatoms. The van der Waals surface area contributed by atoms with E-state index in [1.54, 1.807) is 7.11 Å². The van der Waals surface area contributed by atoms with E-state index in [-0.39, 0.29) is 0 Å². The Morgan fingerprint density at radius 1 is 1.33 bits per heavy atom. The van der Waals surface area contributed by atoms with Crippen molar-refractivity contribution in [3.8, 4) is 5.75 Å². The van der Waals surface area contributed by atoms with E-state index in [1.165, 1.54) is 0 Å². The minimum Gasteiger partial charge on any atom is -0.497 e. The smallest absolute Gasteiger partial charge is 0.119 e. The third-order valence-electron chi connectivity index (χ3n) is 3.14. The standard InChI is InChI=1S/C14H24N2O2/c1-11(16(2)3)9-15-10-14(17)12-6-5-7-13(8-12)18-4/h5-8,11,14-15,17H,9-10H2,1-4H3. The SMILES string of the molecule is COc1cccc(C(O)CNCC(C)N(C)C)c1. The summed E-state index contributed by atoms with van der Waals surface area (Å²) in [6.07, 6.45) is -0.505. The Kier molecular flexibility index (Phi) is 6.12. The molecule has 0 heterocycles. The first kappa shape index (κ1) is 15.0. The van der Waals surface area contributed by atoms with Crippen molar-refractivity contribution in [2.75, 3.05) is 34.3 Å². The van der Waals surface area contributed by atoms with E-state index >= 15 is 0 Å². The van der Waals surface area contributed by atoms with Gasteiger partial charge in [0.05, 0.1) is 13.2 Å². The van der Waals surface area contributed by atoms with Gasteiger partial charge in [-0.15, -0.1) is 0 Å². The van der Waals surface area contributed by atoms with Crippen LogP contribution in [0.5, 0.6) is 5.75 Å². The van der Waals surface area contributed by atoms with E-state index in [0.29, 0.717) is 12.6 Å². The zero-order chi connectivity index (χ0) is 13.5. The van der Waals surface area contributed by atoms with Crippen molar-refractivity contribution >= 4 is 0 Å². The largest absolute Gasteiger partial charge is 0.497 e. The summed E-state index contributed by atoms with van der Waals surface area (Å²) in [7, 11) is 5.72. The number of benzene rings is 1. The van der Waals surface area contributed by atoms with Gasteiger partial charge in [-0.05, 0) is 38.7 Å². The van der Waals surface area contributed by atoms with Crippen LogP contribution in [0.15, 0.2) is 24.3 Å². The van der Waals surface area contributed by atoms with Gasteiger partial charge < -0.3 is 20.1 Å². The van der Waals surface area contributed by atoms with Gasteiger partial charge in [-0.1, -0.05) is 12.1 Å². The van der Waals surface area contributed by atoms with Crippen molar-refractivity contribution in [2.45, 2.75) is 19.1 Å². The predicted octanol–water partition coefficient (Wildman–Crippen LogP) is 1.27. The van der Waals surface area contributed by atoms with Crippen LogP contribution in [0.4, 0.5) is 0 Å². The third-order valence-corrected chi connectivity index (χ3v) is 3.14. The highest BCUT2D eigenvalue weighted by atomic mass is 16.5. The second-order valence-electron chi connectivity index (χ2n) is 4.76. The lowest BCUT2D eigenvalue weighted by Crippen LogP contribution is -2.37. The summed E-state index contributed by atoms with van der Waals surface area (Å²) < 4.78 is 5.14. The second kappa shape index (κ2) is 7.36. The van der Waals surface area contributed by atoms with Gasteiger partial charge in [-0.2, -0.15) is 0 Å². The fourth-order valence-corrected chi connectivity index (χ4v) is 1.58. The summed E-state index contributed by atoms with van der Waals surface area (Å²) in [6, 6.07) is 7.98. The second-order valence-corrected chi connectivity index (χ2v) is 4.76. The van der Waals surface area contributed by atoms with Crippen molar-refractivity contribution in [3.63, 3.8) is 0 Å². The zero-order valence-corrected chi connectivity index (χ0v) is 11.7. The molecule has 0 aromatic heterocycles. The fourth-order valence-electron chi connectivity index (χ4n) is 1.58. The molecule has 1 aromatic rings. The maximum Gasteiger partial charge on any atom is 0.119 e. The van der Waals surface area contributed by atoms with E-state index in [2.05, 4.69) is 17.1 Å². The number of aliphatic hydroxyl groups is 1. The summed E-state index contributed by atoms with van der Waals surface area (Å²) >= 11 is 0. The number of nitrogens with one attached hydrogen (secondary N) is 1. The Morgan fingerprint density at radius 3 is 2.67 bits per heavy atom.